The number of carbonyl (C=O) groups is 2. The summed E-state index contributed by atoms with van der Waals surface area (Å²) < 4.78 is 0. The van der Waals surface area contributed by atoms with Gasteiger partial charge in [0.05, 0.1) is 0 Å². The van der Waals surface area contributed by atoms with Gasteiger partial charge in [0.15, 0.2) is 0 Å². The van der Waals surface area contributed by atoms with Crippen LogP contribution < -0.4 is 0 Å². The maximum absolute atomic E-state index is 10.4. The van der Waals surface area contributed by atoms with E-state index in [0.717, 1.165) is 4.90 Å². The predicted molar refractivity (Wildman–Crippen MR) is 47.4 cm³/mol. The fourth-order valence-electron chi connectivity index (χ4n) is 0.475. The Morgan fingerprint density at radius 3 is 1.50 bits per heavy atom. The van der Waals surface area contributed by atoms with E-state index >= 15 is 0 Å². The zero-order chi connectivity index (χ0) is 9.56. The summed E-state index contributed by atoms with van der Waals surface area (Å²) in [4.78, 5) is 21.9. The molecule has 0 aromatic heterocycles. The third kappa shape index (κ3) is 3.14. The van der Waals surface area contributed by atoms with E-state index in [4.69, 9.17) is 0 Å². The highest BCUT2D eigenvalue weighted by Gasteiger charge is 2.17. The van der Waals surface area contributed by atoms with Gasteiger partial charge in [-0.1, -0.05) is 12.2 Å². The van der Waals surface area contributed by atoms with Crippen molar-refractivity contribution in [2.75, 3.05) is 7.05 Å². The molecule has 1 aliphatic rings. The molecule has 0 bridgehead atoms. The van der Waals surface area contributed by atoms with Crippen molar-refractivity contribution < 1.29 is 9.59 Å². The second-order valence-electron chi connectivity index (χ2n) is 2.24. The molecular formula is C9H13NO2. The lowest BCUT2D eigenvalue weighted by atomic mass is 10.6. The summed E-state index contributed by atoms with van der Waals surface area (Å²) in [6.45, 7) is 4.00. The molecular weight excluding hydrogens is 154 g/mol. The molecule has 0 saturated carbocycles. The van der Waals surface area contributed by atoms with Crippen LogP contribution in [-0.4, -0.2) is 23.8 Å². The lowest BCUT2D eigenvalue weighted by Crippen LogP contribution is -2.24. The molecule has 0 aromatic rings. The van der Waals surface area contributed by atoms with Crippen molar-refractivity contribution in [1.29, 1.82) is 0 Å². The lowest BCUT2D eigenvalue weighted by molar-refractivity contribution is -0.135. The van der Waals surface area contributed by atoms with Crippen LogP contribution in [0, 0.1) is 0 Å². The maximum Gasteiger partial charge on any atom is 0.253 e. The van der Waals surface area contributed by atoms with Crippen molar-refractivity contribution in [3.8, 4) is 0 Å². The van der Waals surface area contributed by atoms with Gasteiger partial charge < -0.3 is 0 Å². The molecule has 0 radical (unpaired) electrons. The molecule has 0 saturated heterocycles. The Morgan fingerprint density at radius 2 is 1.42 bits per heavy atom. The molecule has 0 aliphatic carbocycles. The van der Waals surface area contributed by atoms with Crippen molar-refractivity contribution in [3.05, 3.63) is 24.3 Å². The minimum Gasteiger partial charge on any atom is -0.279 e. The number of rotatable bonds is 0. The van der Waals surface area contributed by atoms with Crippen LogP contribution in [0.15, 0.2) is 24.3 Å². The van der Waals surface area contributed by atoms with E-state index in [-0.39, 0.29) is 11.8 Å². The molecule has 2 amide bonds. The summed E-state index contributed by atoms with van der Waals surface area (Å²) in [6, 6.07) is 0. The molecule has 0 atom stereocenters. The van der Waals surface area contributed by atoms with Crippen LogP contribution in [0.3, 0.4) is 0 Å². The fourth-order valence-corrected chi connectivity index (χ4v) is 0.475. The number of imide groups is 1. The number of amides is 2. The zero-order valence-electron chi connectivity index (χ0n) is 7.57. The Kier molecular flexibility index (Phi) is 4.69. The third-order valence-corrected chi connectivity index (χ3v) is 1.36. The van der Waals surface area contributed by atoms with Crippen molar-refractivity contribution >= 4 is 11.8 Å². The van der Waals surface area contributed by atoms with Crippen LogP contribution in [0.1, 0.15) is 13.8 Å². The normalized spacial score (nSPS) is 15.4. The standard InChI is InChI=1S/C5H5NO2.C4H8/c1-6-4(7)2-3-5(6)8;1-3-4-2/h2-3H,1H3;3-4H,1-2H3/b;4-3-. The monoisotopic (exact) mass is 167 g/mol. The minimum absolute atomic E-state index is 0.241. The van der Waals surface area contributed by atoms with Crippen LogP contribution >= 0.6 is 0 Å². The molecule has 66 valence electrons. The second-order valence-corrected chi connectivity index (χ2v) is 2.24. The fraction of sp³-hybridized carbons (Fsp3) is 0.333. The second kappa shape index (κ2) is 5.29. The summed E-state index contributed by atoms with van der Waals surface area (Å²) in [5.74, 6) is -0.481. The Bertz CT molecular complexity index is 207. The molecule has 12 heavy (non-hydrogen) atoms. The van der Waals surface area contributed by atoms with Crippen LogP contribution in [0.2, 0.25) is 0 Å². The number of hydrogen-bond acceptors (Lipinski definition) is 2. The maximum atomic E-state index is 10.4. The molecule has 1 aliphatic heterocycles. The first-order chi connectivity index (χ1) is 5.63. The van der Waals surface area contributed by atoms with Gasteiger partial charge in [0.2, 0.25) is 0 Å². The van der Waals surface area contributed by atoms with Gasteiger partial charge in [-0.15, -0.1) is 0 Å². The summed E-state index contributed by atoms with van der Waals surface area (Å²) >= 11 is 0. The Morgan fingerprint density at radius 1 is 1.08 bits per heavy atom. The van der Waals surface area contributed by atoms with E-state index in [0.29, 0.717) is 0 Å². The zero-order valence-corrected chi connectivity index (χ0v) is 7.57. The first-order valence-electron chi connectivity index (χ1n) is 3.70. The van der Waals surface area contributed by atoms with Crippen molar-refractivity contribution in [1.82, 2.24) is 4.90 Å². The molecule has 0 unspecified atom stereocenters. The average molecular weight is 167 g/mol. The minimum atomic E-state index is -0.241. The van der Waals surface area contributed by atoms with Gasteiger partial charge in [-0.2, -0.15) is 0 Å². The first kappa shape index (κ1) is 10.6. The summed E-state index contributed by atoms with van der Waals surface area (Å²) in [6.07, 6.45) is 6.50. The number of hydrogen-bond donors (Lipinski definition) is 0. The molecule has 0 N–H and O–H groups in total. The molecule has 0 fully saturated rings. The van der Waals surface area contributed by atoms with E-state index in [1.54, 1.807) is 0 Å². The first-order valence-corrected chi connectivity index (χ1v) is 3.70. The topological polar surface area (TPSA) is 37.4 Å². The Hall–Kier alpha value is -1.38. The number of carbonyl (C=O) groups excluding carboxylic acids is 2. The number of nitrogens with zero attached hydrogens (tertiary/aromatic N) is 1. The smallest absolute Gasteiger partial charge is 0.253 e. The van der Waals surface area contributed by atoms with Gasteiger partial charge in [0.1, 0.15) is 0 Å². The molecule has 1 heterocycles. The van der Waals surface area contributed by atoms with E-state index in [9.17, 15) is 9.59 Å². The lowest BCUT2D eigenvalue weighted by Gasteiger charge is -2.01. The highest BCUT2D eigenvalue weighted by atomic mass is 16.2. The van der Waals surface area contributed by atoms with Crippen LogP contribution in [0.25, 0.3) is 0 Å². The van der Waals surface area contributed by atoms with Gasteiger partial charge >= 0.3 is 0 Å². The van der Waals surface area contributed by atoms with E-state index in [2.05, 4.69) is 0 Å². The largest absolute Gasteiger partial charge is 0.279 e. The summed E-state index contributed by atoms with van der Waals surface area (Å²) in [7, 11) is 1.45. The number of likely N-dealkylation sites (N-methyl/N-ethyl adjacent to an activating group) is 1. The highest BCUT2D eigenvalue weighted by Crippen LogP contribution is 1.97. The third-order valence-electron chi connectivity index (χ3n) is 1.36. The number of allylic oxidation sites excluding steroid dienone is 2. The van der Waals surface area contributed by atoms with E-state index < -0.39 is 0 Å². The van der Waals surface area contributed by atoms with Crippen molar-refractivity contribution in [3.63, 3.8) is 0 Å². The van der Waals surface area contributed by atoms with Gasteiger partial charge in [0.25, 0.3) is 11.8 Å². The Balaban J connectivity index is 0.000000261. The van der Waals surface area contributed by atoms with Crippen LogP contribution in [0.5, 0.6) is 0 Å². The van der Waals surface area contributed by atoms with E-state index in [1.165, 1.54) is 19.2 Å². The van der Waals surface area contributed by atoms with Crippen molar-refractivity contribution in [2.24, 2.45) is 0 Å². The van der Waals surface area contributed by atoms with Gasteiger partial charge in [0, 0.05) is 19.2 Å². The summed E-state index contributed by atoms with van der Waals surface area (Å²) in [5, 5.41) is 0. The average Bonchev–Trinajstić information content (AvgIpc) is 2.37. The molecule has 3 nitrogen and oxygen atoms in total. The molecule has 0 aromatic carbocycles. The molecule has 0 spiro atoms. The van der Waals surface area contributed by atoms with Crippen LogP contribution in [-0.2, 0) is 9.59 Å². The Labute approximate surface area is 72.4 Å². The van der Waals surface area contributed by atoms with E-state index in [1.807, 2.05) is 26.0 Å². The predicted octanol–water partition coefficient (Wildman–Crippen LogP) is 1.12. The van der Waals surface area contributed by atoms with Gasteiger partial charge in [-0.05, 0) is 13.8 Å². The molecule has 3 heteroatoms. The van der Waals surface area contributed by atoms with Gasteiger partial charge in [-0.3, -0.25) is 14.5 Å². The highest BCUT2D eigenvalue weighted by molar-refractivity contribution is 6.12. The van der Waals surface area contributed by atoms with Crippen LogP contribution in [0.4, 0.5) is 0 Å². The van der Waals surface area contributed by atoms with Gasteiger partial charge in [-0.25, -0.2) is 0 Å². The SMILES string of the molecule is C/C=C\C.CN1C(=O)C=CC1=O. The molecule has 1 rings (SSSR count). The quantitative estimate of drug-likeness (QED) is 0.400. The van der Waals surface area contributed by atoms with Crippen molar-refractivity contribution in [2.45, 2.75) is 13.8 Å². The summed E-state index contributed by atoms with van der Waals surface area (Å²) in [5.41, 5.74) is 0.